The fourth-order valence-corrected chi connectivity index (χ4v) is 3.91. The molecule has 1 aliphatic heterocycles. The molecule has 0 aromatic heterocycles. The number of methoxy groups -OCH3 is 2. The number of amidine groups is 1. The Hall–Kier alpha value is -2.68. The highest BCUT2D eigenvalue weighted by Gasteiger charge is 2.31. The lowest BCUT2D eigenvalue weighted by molar-refractivity contribution is -0.137. The maximum absolute atomic E-state index is 13.1. The quantitative estimate of drug-likeness (QED) is 0.711. The van der Waals surface area contributed by atoms with Crippen LogP contribution in [0.3, 0.4) is 0 Å². The minimum atomic E-state index is -4.39. The van der Waals surface area contributed by atoms with Crippen LogP contribution in [0.2, 0.25) is 0 Å². The number of carbonyl (C=O) groups is 1. The first-order valence-electron chi connectivity index (χ1n) is 8.71. The highest BCUT2D eigenvalue weighted by molar-refractivity contribution is 8.13. The van der Waals surface area contributed by atoms with E-state index in [2.05, 4.69) is 4.99 Å². The summed E-state index contributed by atoms with van der Waals surface area (Å²) in [5, 5.41) is 0.459. The Bertz CT molecular complexity index is 909. The first-order chi connectivity index (χ1) is 13.8. The van der Waals surface area contributed by atoms with Crippen molar-refractivity contribution in [2.45, 2.75) is 11.9 Å². The minimum Gasteiger partial charge on any atom is -0.496 e. The first-order valence-corrected chi connectivity index (χ1v) is 9.70. The predicted octanol–water partition coefficient (Wildman–Crippen LogP) is 4.47. The lowest BCUT2D eigenvalue weighted by Crippen LogP contribution is -2.33. The number of thioether (sulfide) groups is 1. The number of nitrogens with zero attached hydrogens (tertiary/aromatic N) is 2. The number of alkyl halides is 3. The Balaban J connectivity index is 1.77. The van der Waals surface area contributed by atoms with Gasteiger partial charge in [-0.1, -0.05) is 36.0 Å². The lowest BCUT2D eigenvalue weighted by atomic mass is 10.1. The van der Waals surface area contributed by atoms with Crippen LogP contribution in [0, 0.1) is 0 Å². The van der Waals surface area contributed by atoms with Crippen molar-refractivity contribution in [3.8, 4) is 11.5 Å². The summed E-state index contributed by atoms with van der Waals surface area (Å²) in [4.78, 5) is 19.0. The average molecular weight is 424 g/mol. The van der Waals surface area contributed by atoms with Gasteiger partial charge >= 0.3 is 6.18 Å². The fraction of sp³-hybridized carbons (Fsp3) is 0.300. The van der Waals surface area contributed by atoms with E-state index < -0.39 is 11.7 Å². The molecule has 0 fully saturated rings. The van der Waals surface area contributed by atoms with Crippen LogP contribution in [0.5, 0.6) is 11.5 Å². The van der Waals surface area contributed by atoms with Crippen molar-refractivity contribution in [2.75, 3.05) is 27.3 Å². The summed E-state index contributed by atoms with van der Waals surface area (Å²) in [6, 6.07) is 10.2. The van der Waals surface area contributed by atoms with Crippen molar-refractivity contribution < 1.29 is 27.4 Å². The standard InChI is InChI=1S/C20H19F3N2O3S/c1-27-15-7-4-8-16(28-2)17(15)18(26)25-10-9-24-19(25)29-12-13-5-3-6-14(11-13)20(21,22)23/h3-8,11H,9-10,12H2,1-2H3. The summed E-state index contributed by atoms with van der Waals surface area (Å²) < 4.78 is 49.3. The van der Waals surface area contributed by atoms with Crippen molar-refractivity contribution in [3.05, 3.63) is 59.2 Å². The fourth-order valence-electron chi connectivity index (χ4n) is 2.92. The normalized spacial score (nSPS) is 14.0. The molecule has 0 saturated heterocycles. The van der Waals surface area contributed by atoms with Gasteiger partial charge in [0.05, 0.1) is 26.3 Å². The van der Waals surface area contributed by atoms with Crippen LogP contribution in [-0.2, 0) is 11.9 Å². The lowest BCUT2D eigenvalue weighted by Gasteiger charge is -2.20. The van der Waals surface area contributed by atoms with Gasteiger partial charge in [-0.2, -0.15) is 13.2 Å². The Morgan fingerprint density at radius 1 is 1.14 bits per heavy atom. The first kappa shape index (κ1) is 21.0. The summed E-state index contributed by atoms with van der Waals surface area (Å²) in [6.45, 7) is 0.805. The van der Waals surface area contributed by atoms with Crippen LogP contribution in [0.1, 0.15) is 21.5 Å². The van der Waals surface area contributed by atoms with Crippen molar-refractivity contribution in [1.29, 1.82) is 0 Å². The van der Waals surface area contributed by atoms with Crippen LogP contribution in [0.15, 0.2) is 47.5 Å². The van der Waals surface area contributed by atoms with Gasteiger partial charge in [0, 0.05) is 12.3 Å². The van der Waals surface area contributed by atoms with E-state index in [0.717, 1.165) is 12.1 Å². The van der Waals surface area contributed by atoms with Gasteiger partial charge in [-0.15, -0.1) is 0 Å². The van der Waals surface area contributed by atoms with Gasteiger partial charge in [0.25, 0.3) is 5.91 Å². The van der Waals surface area contributed by atoms with E-state index >= 15 is 0 Å². The Labute approximate surface area is 170 Å². The van der Waals surface area contributed by atoms with E-state index in [9.17, 15) is 18.0 Å². The highest BCUT2D eigenvalue weighted by atomic mass is 32.2. The van der Waals surface area contributed by atoms with Crippen LogP contribution in [0.25, 0.3) is 0 Å². The monoisotopic (exact) mass is 424 g/mol. The molecule has 0 radical (unpaired) electrons. The molecule has 154 valence electrons. The number of rotatable bonds is 5. The third-order valence-electron chi connectivity index (χ3n) is 4.31. The summed E-state index contributed by atoms with van der Waals surface area (Å²) in [6.07, 6.45) is -4.39. The van der Waals surface area contributed by atoms with Gasteiger partial charge in [-0.25, -0.2) is 0 Å². The van der Waals surface area contributed by atoms with Crippen molar-refractivity contribution in [3.63, 3.8) is 0 Å². The Kier molecular flexibility index (Phi) is 6.36. The Morgan fingerprint density at radius 2 is 1.79 bits per heavy atom. The SMILES string of the molecule is COc1cccc(OC)c1C(=O)N1CCN=C1SCc1cccc(C(F)(F)F)c1. The van der Waals surface area contributed by atoms with Gasteiger partial charge in [-0.3, -0.25) is 14.7 Å². The number of hydrogen-bond acceptors (Lipinski definition) is 5. The van der Waals surface area contributed by atoms with E-state index in [4.69, 9.17) is 9.47 Å². The number of halogens is 3. The van der Waals surface area contributed by atoms with Crippen molar-refractivity contribution in [1.82, 2.24) is 4.90 Å². The summed E-state index contributed by atoms with van der Waals surface area (Å²) in [5.41, 5.74) is 0.0871. The van der Waals surface area contributed by atoms with Crippen LogP contribution in [-0.4, -0.2) is 43.3 Å². The summed E-state index contributed by atoms with van der Waals surface area (Å²) in [7, 11) is 2.93. The van der Waals surface area contributed by atoms with E-state index in [-0.39, 0.29) is 17.2 Å². The van der Waals surface area contributed by atoms with E-state index in [1.165, 1.54) is 36.9 Å². The van der Waals surface area contributed by atoms with Gasteiger partial charge in [-0.05, 0) is 23.8 Å². The van der Waals surface area contributed by atoms with Crippen molar-refractivity contribution in [2.24, 2.45) is 4.99 Å². The van der Waals surface area contributed by atoms with Crippen molar-refractivity contribution >= 4 is 22.8 Å². The number of amides is 1. The Morgan fingerprint density at radius 3 is 2.41 bits per heavy atom. The maximum atomic E-state index is 13.1. The third-order valence-corrected chi connectivity index (χ3v) is 5.40. The molecule has 5 nitrogen and oxygen atoms in total. The molecular formula is C20H19F3N2O3S. The predicted molar refractivity (Wildman–Crippen MR) is 106 cm³/mol. The number of hydrogen-bond donors (Lipinski definition) is 0. The number of benzene rings is 2. The second-order valence-corrected chi connectivity index (χ2v) is 7.09. The van der Waals surface area contributed by atoms with E-state index in [1.54, 1.807) is 24.3 Å². The zero-order chi connectivity index (χ0) is 21.0. The number of carbonyl (C=O) groups excluding carboxylic acids is 1. The molecule has 0 N–H and O–H groups in total. The molecule has 9 heteroatoms. The average Bonchev–Trinajstić information content (AvgIpc) is 3.19. The zero-order valence-electron chi connectivity index (χ0n) is 15.8. The largest absolute Gasteiger partial charge is 0.496 e. The molecule has 2 aromatic rings. The second kappa shape index (κ2) is 8.77. The number of ether oxygens (including phenoxy) is 2. The van der Waals surface area contributed by atoms with Gasteiger partial charge < -0.3 is 9.47 Å². The molecule has 1 heterocycles. The van der Waals surface area contributed by atoms with Crippen LogP contribution in [0.4, 0.5) is 13.2 Å². The number of aliphatic imine (C=N–C) groups is 1. The van der Waals surface area contributed by atoms with Crippen LogP contribution >= 0.6 is 11.8 Å². The smallest absolute Gasteiger partial charge is 0.416 e. The molecule has 29 heavy (non-hydrogen) atoms. The summed E-state index contributed by atoms with van der Waals surface area (Å²) >= 11 is 1.22. The molecule has 1 amide bonds. The second-order valence-electron chi connectivity index (χ2n) is 6.15. The van der Waals surface area contributed by atoms with Gasteiger partial charge in [0.15, 0.2) is 5.17 Å². The maximum Gasteiger partial charge on any atom is 0.416 e. The van der Waals surface area contributed by atoms with Gasteiger partial charge in [0.1, 0.15) is 17.1 Å². The minimum absolute atomic E-state index is 0.260. The molecule has 2 aromatic carbocycles. The molecule has 0 unspecified atom stereocenters. The molecular weight excluding hydrogens is 405 g/mol. The molecule has 3 rings (SSSR count). The highest BCUT2D eigenvalue weighted by Crippen LogP contribution is 2.33. The molecule has 1 aliphatic rings. The molecule has 0 spiro atoms. The van der Waals surface area contributed by atoms with Crippen LogP contribution < -0.4 is 9.47 Å². The molecule has 0 bridgehead atoms. The zero-order valence-corrected chi connectivity index (χ0v) is 16.6. The van der Waals surface area contributed by atoms with E-state index in [0.29, 0.717) is 35.3 Å². The molecule has 0 atom stereocenters. The molecule has 0 saturated carbocycles. The summed E-state index contributed by atoms with van der Waals surface area (Å²) in [5.74, 6) is 0.689. The molecule has 0 aliphatic carbocycles. The van der Waals surface area contributed by atoms with E-state index in [1.807, 2.05) is 0 Å². The third kappa shape index (κ3) is 4.67. The van der Waals surface area contributed by atoms with Gasteiger partial charge in [0.2, 0.25) is 0 Å². The topological polar surface area (TPSA) is 51.1 Å².